The minimum Gasteiger partial charge on any atom is -0.354 e. The lowest BCUT2D eigenvalue weighted by Gasteiger charge is -2.24. The van der Waals surface area contributed by atoms with Crippen LogP contribution in [0, 0.1) is 12.7 Å². The molecule has 0 radical (unpaired) electrons. The number of thioether (sulfide) groups is 1. The molecule has 0 aliphatic carbocycles. The fourth-order valence-electron chi connectivity index (χ4n) is 3.03. The average Bonchev–Trinajstić information content (AvgIpc) is 2.78. The van der Waals surface area contributed by atoms with Crippen LogP contribution < -0.4 is 9.62 Å². The average molecular weight is 507 g/mol. The molecule has 0 bridgehead atoms. The number of hydrogen-bond acceptors (Lipinski definition) is 4. The Morgan fingerprint density at radius 2 is 1.79 bits per heavy atom. The number of carbonyl (C=O) groups excluding carboxylic acids is 1. The molecular formula is C24H24ClFN2O3S2. The number of hydrogen-bond donors (Lipinski definition) is 1. The van der Waals surface area contributed by atoms with Crippen molar-refractivity contribution in [3.8, 4) is 0 Å². The summed E-state index contributed by atoms with van der Waals surface area (Å²) >= 11 is 7.55. The molecule has 0 aromatic heterocycles. The molecule has 33 heavy (non-hydrogen) atoms. The number of benzene rings is 3. The Morgan fingerprint density at radius 3 is 2.48 bits per heavy atom. The molecule has 3 aromatic rings. The zero-order valence-corrected chi connectivity index (χ0v) is 20.4. The fourth-order valence-corrected chi connectivity index (χ4v) is 5.47. The van der Waals surface area contributed by atoms with Gasteiger partial charge in [-0.15, -0.1) is 0 Å². The number of aryl methyl sites for hydroxylation is 1. The molecule has 1 N–H and O–H groups in total. The third-order valence-electron chi connectivity index (χ3n) is 4.78. The number of nitrogens with zero attached hydrogens (tertiary/aromatic N) is 1. The molecule has 0 heterocycles. The third-order valence-corrected chi connectivity index (χ3v) is 7.81. The first-order valence-electron chi connectivity index (χ1n) is 10.2. The normalized spacial score (nSPS) is 11.2. The first-order valence-corrected chi connectivity index (χ1v) is 13.2. The van der Waals surface area contributed by atoms with Gasteiger partial charge in [-0.1, -0.05) is 53.6 Å². The van der Waals surface area contributed by atoms with Gasteiger partial charge in [0, 0.05) is 23.1 Å². The summed E-state index contributed by atoms with van der Waals surface area (Å²) < 4.78 is 41.4. The molecule has 0 aliphatic heterocycles. The van der Waals surface area contributed by atoms with Gasteiger partial charge in [-0.25, -0.2) is 12.8 Å². The number of halogens is 2. The minimum absolute atomic E-state index is 0.0846. The van der Waals surface area contributed by atoms with Crippen molar-refractivity contribution < 1.29 is 17.6 Å². The first-order chi connectivity index (χ1) is 15.8. The van der Waals surface area contributed by atoms with E-state index in [9.17, 15) is 17.6 Å². The van der Waals surface area contributed by atoms with Crippen molar-refractivity contribution in [2.45, 2.75) is 17.6 Å². The van der Waals surface area contributed by atoms with Crippen molar-refractivity contribution in [2.75, 3.05) is 23.1 Å². The molecule has 0 saturated carbocycles. The second-order valence-corrected chi connectivity index (χ2v) is 10.7. The summed E-state index contributed by atoms with van der Waals surface area (Å²) in [6, 6.07) is 19.3. The Balaban J connectivity index is 1.65. The van der Waals surface area contributed by atoms with Crippen LogP contribution in [0.25, 0.3) is 0 Å². The highest BCUT2D eigenvalue weighted by molar-refractivity contribution is 7.98. The maximum absolute atomic E-state index is 13.7. The van der Waals surface area contributed by atoms with Crippen molar-refractivity contribution in [3.63, 3.8) is 0 Å². The predicted molar refractivity (Wildman–Crippen MR) is 133 cm³/mol. The number of carbonyl (C=O) groups is 1. The highest BCUT2D eigenvalue weighted by Gasteiger charge is 2.27. The molecule has 1 amide bonds. The van der Waals surface area contributed by atoms with Crippen LogP contribution in [-0.2, 0) is 20.6 Å². The van der Waals surface area contributed by atoms with Gasteiger partial charge in [0.25, 0.3) is 10.0 Å². The van der Waals surface area contributed by atoms with E-state index in [1.54, 1.807) is 48.5 Å². The number of amides is 1. The van der Waals surface area contributed by atoms with Crippen LogP contribution in [0.3, 0.4) is 0 Å². The summed E-state index contributed by atoms with van der Waals surface area (Å²) in [4.78, 5) is 12.7. The van der Waals surface area contributed by atoms with Gasteiger partial charge in [0.15, 0.2) is 0 Å². The molecule has 174 valence electrons. The lowest BCUT2D eigenvalue weighted by Crippen LogP contribution is -2.41. The largest absolute Gasteiger partial charge is 0.354 e. The van der Waals surface area contributed by atoms with Crippen LogP contribution in [0.5, 0.6) is 0 Å². The maximum atomic E-state index is 13.7. The summed E-state index contributed by atoms with van der Waals surface area (Å²) in [7, 11) is -3.99. The smallest absolute Gasteiger partial charge is 0.264 e. The maximum Gasteiger partial charge on any atom is 0.264 e. The van der Waals surface area contributed by atoms with E-state index in [1.807, 2.05) is 6.92 Å². The molecule has 0 saturated heterocycles. The van der Waals surface area contributed by atoms with E-state index in [2.05, 4.69) is 5.32 Å². The van der Waals surface area contributed by atoms with E-state index in [1.165, 1.54) is 36.0 Å². The Kier molecular flexibility index (Phi) is 8.77. The van der Waals surface area contributed by atoms with Gasteiger partial charge in [0.2, 0.25) is 5.91 Å². The van der Waals surface area contributed by atoms with Crippen LogP contribution >= 0.6 is 23.4 Å². The fraction of sp³-hybridized carbons (Fsp3) is 0.208. The lowest BCUT2D eigenvalue weighted by atomic mass is 10.2. The van der Waals surface area contributed by atoms with Gasteiger partial charge in [-0.3, -0.25) is 9.10 Å². The Labute approximate surface area is 203 Å². The van der Waals surface area contributed by atoms with E-state index in [0.717, 1.165) is 9.87 Å². The van der Waals surface area contributed by atoms with Crippen LogP contribution in [0.15, 0.2) is 77.7 Å². The summed E-state index contributed by atoms with van der Waals surface area (Å²) in [5, 5.41) is 3.10. The van der Waals surface area contributed by atoms with Gasteiger partial charge < -0.3 is 5.32 Å². The van der Waals surface area contributed by atoms with Gasteiger partial charge in [-0.2, -0.15) is 11.8 Å². The van der Waals surface area contributed by atoms with Crippen LogP contribution in [0.1, 0.15) is 11.1 Å². The van der Waals surface area contributed by atoms with Gasteiger partial charge >= 0.3 is 0 Å². The molecule has 0 aliphatic rings. The standard InChI is InChI=1S/C24H24ClFN2O3S2/c1-18-9-11-22(12-10-18)33(30,31)28(21-7-4-6-20(25)15-21)16-24(29)27-13-14-32-17-19-5-2-3-8-23(19)26/h2-12,15H,13-14,16-17H2,1H3,(H,27,29). The monoisotopic (exact) mass is 506 g/mol. The number of anilines is 1. The van der Waals surface area contributed by atoms with E-state index in [4.69, 9.17) is 11.6 Å². The zero-order valence-electron chi connectivity index (χ0n) is 18.0. The van der Waals surface area contributed by atoms with Gasteiger partial charge in [0.1, 0.15) is 12.4 Å². The molecule has 3 rings (SSSR count). The Bertz CT molecular complexity index is 1200. The Hall–Kier alpha value is -2.55. The quantitative estimate of drug-likeness (QED) is 0.391. The molecule has 0 fully saturated rings. The highest BCUT2D eigenvalue weighted by Crippen LogP contribution is 2.26. The van der Waals surface area contributed by atoms with Crippen molar-refractivity contribution in [1.29, 1.82) is 0 Å². The first kappa shape index (κ1) is 25.1. The molecule has 0 spiro atoms. The van der Waals surface area contributed by atoms with Crippen LogP contribution in [-0.4, -0.2) is 33.2 Å². The number of sulfonamides is 1. The van der Waals surface area contributed by atoms with E-state index < -0.39 is 22.5 Å². The summed E-state index contributed by atoms with van der Waals surface area (Å²) in [5.74, 6) is 0.339. The highest BCUT2D eigenvalue weighted by atomic mass is 35.5. The summed E-state index contributed by atoms with van der Waals surface area (Å²) in [5.41, 5.74) is 1.83. The second kappa shape index (κ2) is 11.5. The van der Waals surface area contributed by atoms with E-state index in [-0.39, 0.29) is 10.7 Å². The van der Waals surface area contributed by atoms with Gasteiger partial charge in [0.05, 0.1) is 10.6 Å². The predicted octanol–water partition coefficient (Wildman–Crippen LogP) is 5.03. The number of rotatable bonds is 10. The molecular weight excluding hydrogens is 483 g/mol. The molecule has 0 atom stereocenters. The number of nitrogens with one attached hydrogen (secondary N) is 1. The van der Waals surface area contributed by atoms with Crippen molar-refractivity contribution in [3.05, 3.63) is 94.8 Å². The van der Waals surface area contributed by atoms with E-state index in [0.29, 0.717) is 34.3 Å². The SMILES string of the molecule is Cc1ccc(S(=O)(=O)N(CC(=O)NCCSCc2ccccc2F)c2cccc(Cl)c2)cc1. The molecule has 5 nitrogen and oxygen atoms in total. The minimum atomic E-state index is -3.99. The topological polar surface area (TPSA) is 66.5 Å². The summed E-state index contributed by atoms with van der Waals surface area (Å²) in [6.45, 7) is 1.79. The van der Waals surface area contributed by atoms with E-state index >= 15 is 0 Å². The van der Waals surface area contributed by atoms with Crippen LogP contribution in [0.2, 0.25) is 5.02 Å². The molecule has 3 aromatic carbocycles. The molecule has 0 unspecified atom stereocenters. The third kappa shape index (κ3) is 6.96. The van der Waals surface area contributed by atoms with Gasteiger partial charge in [-0.05, 0) is 48.9 Å². The molecule has 9 heteroatoms. The van der Waals surface area contributed by atoms with Crippen molar-refractivity contribution in [2.24, 2.45) is 0 Å². The second-order valence-electron chi connectivity index (χ2n) is 7.30. The Morgan fingerprint density at radius 1 is 1.06 bits per heavy atom. The van der Waals surface area contributed by atoms with Crippen molar-refractivity contribution in [1.82, 2.24) is 5.32 Å². The summed E-state index contributed by atoms with van der Waals surface area (Å²) in [6.07, 6.45) is 0. The zero-order chi connectivity index (χ0) is 23.8. The lowest BCUT2D eigenvalue weighted by molar-refractivity contribution is -0.119. The van der Waals surface area contributed by atoms with Crippen molar-refractivity contribution >= 4 is 45.0 Å². The van der Waals surface area contributed by atoms with Crippen LogP contribution in [0.4, 0.5) is 10.1 Å².